The van der Waals surface area contributed by atoms with E-state index in [1.165, 1.54) is 11.2 Å². The number of rotatable bonds is 5. The average molecular weight is 434 g/mol. The third-order valence-electron chi connectivity index (χ3n) is 4.87. The SMILES string of the molecule is CC(C)(C)NC(=O)C(c1ccco1)N(C(=O)C1COc2ccccc2O1)c1ccccc1. The van der Waals surface area contributed by atoms with Crippen LogP contribution in [0.4, 0.5) is 5.69 Å². The molecule has 0 spiro atoms. The summed E-state index contributed by atoms with van der Waals surface area (Å²) in [4.78, 5) is 28.7. The Balaban J connectivity index is 1.74. The Bertz CT molecular complexity index is 1070. The smallest absolute Gasteiger partial charge is 0.272 e. The van der Waals surface area contributed by atoms with Crippen molar-refractivity contribution in [2.75, 3.05) is 11.5 Å². The fraction of sp³-hybridized carbons (Fsp3) is 0.280. The number of hydrogen-bond acceptors (Lipinski definition) is 5. The number of anilines is 1. The van der Waals surface area contributed by atoms with E-state index in [1.54, 1.807) is 36.4 Å². The first-order valence-electron chi connectivity index (χ1n) is 10.5. The van der Waals surface area contributed by atoms with Crippen molar-refractivity contribution in [3.8, 4) is 11.5 Å². The highest BCUT2D eigenvalue weighted by Crippen LogP contribution is 2.34. The van der Waals surface area contributed by atoms with E-state index < -0.39 is 23.6 Å². The highest BCUT2D eigenvalue weighted by molar-refractivity contribution is 6.03. The molecule has 0 aliphatic carbocycles. The van der Waals surface area contributed by atoms with Gasteiger partial charge in [-0.3, -0.25) is 14.5 Å². The maximum Gasteiger partial charge on any atom is 0.272 e. The molecule has 1 N–H and O–H groups in total. The minimum absolute atomic E-state index is 0.0327. The predicted octanol–water partition coefficient (Wildman–Crippen LogP) is 4.11. The van der Waals surface area contributed by atoms with E-state index in [4.69, 9.17) is 13.9 Å². The van der Waals surface area contributed by atoms with Crippen LogP contribution in [-0.4, -0.2) is 30.1 Å². The number of benzene rings is 2. The zero-order chi connectivity index (χ0) is 22.7. The van der Waals surface area contributed by atoms with Crippen LogP contribution >= 0.6 is 0 Å². The molecule has 1 aliphatic rings. The van der Waals surface area contributed by atoms with Crippen LogP contribution in [0.15, 0.2) is 77.4 Å². The molecule has 1 aliphatic heterocycles. The zero-order valence-electron chi connectivity index (χ0n) is 18.3. The lowest BCUT2D eigenvalue weighted by atomic mass is 10.0. The van der Waals surface area contributed by atoms with Gasteiger partial charge in [0.2, 0.25) is 6.10 Å². The van der Waals surface area contributed by atoms with Gasteiger partial charge in [-0.2, -0.15) is 0 Å². The number of nitrogens with one attached hydrogen (secondary N) is 1. The molecule has 7 heteroatoms. The Kier molecular flexibility index (Phi) is 5.90. The molecule has 32 heavy (non-hydrogen) atoms. The number of hydrogen-bond donors (Lipinski definition) is 1. The van der Waals surface area contributed by atoms with E-state index >= 15 is 0 Å². The Hall–Kier alpha value is -3.74. The zero-order valence-corrected chi connectivity index (χ0v) is 18.3. The van der Waals surface area contributed by atoms with Gasteiger partial charge in [0, 0.05) is 11.2 Å². The lowest BCUT2D eigenvalue weighted by molar-refractivity contribution is -0.132. The number of ether oxygens (including phenoxy) is 2. The quantitative estimate of drug-likeness (QED) is 0.654. The maximum atomic E-state index is 13.8. The van der Waals surface area contributed by atoms with Crippen LogP contribution < -0.4 is 19.7 Å². The second kappa shape index (κ2) is 8.78. The van der Waals surface area contributed by atoms with Crippen LogP contribution in [0.5, 0.6) is 11.5 Å². The van der Waals surface area contributed by atoms with E-state index in [1.807, 2.05) is 51.1 Å². The molecule has 3 aromatic rings. The minimum atomic E-state index is -1.03. The third kappa shape index (κ3) is 4.61. The highest BCUT2D eigenvalue weighted by Gasteiger charge is 2.41. The molecular weight excluding hydrogens is 408 g/mol. The van der Waals surface area contributed by atoms with Gasteiger partial charge in [0.05, 0.1) is 6.26 Å². The first-order chi connectivity index (χ1) is 15.3. The third-order valence-corrected chi connectivity index (χ3v) is 4.87. The van der Waals surface area contributed by atoms with Crippen LogP contribution in [0.1, 0.15) is 32.6 Å². The summed E-state index contributed by atoms with van der Waals surface area (Å²) in [5.74, 6) is 0.647. The first kappa shape index (κ1) is 21.5. The lowest BCUT2D eigenvalue weighted by Crippen LogP contribution is -2.53. The van der Waals surface area contributed by atoms with Crippen LogP contribution in [-0.2, 0) is 9.59 Å². The van der Waals surface area contributed by atoms with Gasteiger partial charge in [0.25, 0.3) is 11.8 Å². The molecule has 7 nitrogen and oxygen atoms in total. The van der Waals surface area contributed by atoms with Gasteiger partial charge in [-0.05, 0) is 57.2 Å². The molecule has 2 amide bonds. The standard InChI is InChI=1S/C25H26N2O5/c1-25(2,3)26-23(28)22(20-14-9-15-30-20)27(17-10-5-4-6-11-17)24(29)21-16-31-18-12-7-8-13-19(18)32-21/h4-15,21-22H,16H2,1-3H3,(H,26,28). The Morgan fingerprint density at radius 2 is 1.66 bits per heavy atom. The topological polar surface area (TPSA) is 81.0 Å². The van der Waals surface area contributed by atoms with E-state index in [9.17, 15) is 9.59 Å². The van der Waals surface area contributed by atoms with Gasteiger partial charge in [0.15, 0.2) is 17.5 Å². The second-order valence-electron chi connectivity index (χ2n) is 8.57. The Morgan fingerprint density at radius 1 is 0.969 bits per heavy atom. The van der Waals surface area contributed by atoms with Crippen molar-refractivity contribution < 1.29 is 23.5 Å². The van der Waals surface area contributed by atoms with E-state index in [-0.39, 0.29) is 12.5 Å². The molecular formula is C25H26N2O5. The Morgan fingerprint density at radius 3 is 2.31 bits per heavy atom. The second-order valence-corrected chi connectivity index (χ2v) is 8.57. The summed E-state index contributed by atoms with van der Waals surface area (Å²) in [6.07, 6.45) is 0.557. The largest absolute Gasteiger partial charge is 0.485 e. The fourth-order valence-corrected chi connectivity index (χ4v) is 3.55. The first-order valence-corrected chi connectivity index (χ1v) is 10.5. The summed E-state index contributed by atoms with van der Waals surface area (Å²) in [5.41, 5.74) is 0.0434. The van der Waals surface area contributed by atoms with Gasteiger partial charge in [-0.25, -0.2) is 0 Å². The van der Waals surface area contributed by atoms with Crippen molar-refractivity contribution in [1.82, 2.24) is 5.32 Å². The number of nitrogens with zero attached hydrogens (tertiary/aromatic N) is 1. The number of carbonyl (C=O) groups is 2. The van der Waals surface area contributed by atoms with Crippen molar-refractivity contribution in [2.24, 2.45) is 0 Å². The lowest BCUT2D eigenvalue weighted by Gasteiger charge is -2.35. The van der Waals surface area contributed by atoms with Crippen molar-refractivity contribution in [3.63, 3.8) is 0 Å². The van der Waals surface area contributed by atoms with Crippen molar-refractivity contribution in [2.45, 2.75) is 38.5 Å². The van der Waals surface area contributed by atoms with E-state index in [2.05, 4.69) is 5.32 Å². The van der Waals surface area contributed by atoms with Gasteiger partial charge >= 0.3 is 0 Å². The van der Waals surface area contributed by atoms with E-state index in [0.29, 0.717) is 22.9 Å². The van der Waals surface area contributed by atoms with Crippen molar-refractivity contribution in [1.29, 1.82) is 0 Å². The fourth-order valence-electron chi connectivity index (χ4n) is 3.55. The van der Waals surface area contributed by atoms with Gasteiger partial charge in [-0.15, -0.1) is 0 Å². The summed E-state index contributed by atoms with van der Waals surface area (Å²) in [7, 11) is 0. The van der Waals surface area contributed by atoms with Crippen molar-refractivity contribution in [3.05, 3.63) is 78.8 Å². The summed E-state index contributed by atoms with van der Waals surface area (Å²) in [5, 5.41) is 2.97. The summed E-state index contributed by atoms with van der Waals surface area (Å²) in [6, 6.07) is 18.5. The summed E-state index contributed by atoms with van der Waals surface area (Å²) in [6.45, 7) is 5.68. The number of furan rings is 1. The number of carbonyl (C=O) groups excluding carboxylic acids is 2. The van der Waals surface area contributed by atoms with Crippen LogP contribution in [0.25, 0.3) is 0 Å². The maximum absolute atomic E-state index is 13.8. The molecule has 2 heterocycles. The average Bonchev–Trinajstić information content (AvgIpc) is 3.30. The number of fused-ring (bicyclic) bond motifs is 1. The highest BCUT2D eigenvalue weighted by atomic mass is 16.6. The number of para-hydroxylation sites is 3. The van der Waals surface area contributed by atoms with Crippen molar-refractivity contribution >= 4 is 17.5 Å². The summed E-state index contributed by atoms with van der Waals surface area (Å²) >= 11 is 0. The van der Waals surface area contributed by atoms with E-state index in [0.717, 1.165) is 0 Å². The normalized spacial score (nSPS) is 16.2. The van der Waals surface area contributed by atoms with Crippen LogP contribution in [0.3, 0.4) is 0 Å². The molecule has 0 bridgehead atoms. The minimum Gasteiger partial charge on any atom is -0.485 e. The molecule has 0 fully saturated rings. The molecule has 2 atom stereocenters. The molecule has 2 aromatic carbocycles. The Labute approximate surface area is 186 Å². The molecule has 0 saturated heterocycles. The number of amides is 2. The van der Waals surface area contributed by atoms with Gasteiger partial charge < -0.3 is 19.2 Å². The predicted molar refractivity (Wildman–Crippen MR) is 120 cm³/mol. The molecule has 4 rings (SSSR count). The molecule has 1 aromatic heterocycles. The molecule has 0 saturated carbocycles. The summed E-state index contributed by atoms with van der Waals surface area (Å²) < 4.78 is 17.3. The monoisotopic (exact) mass is 434 g/mol. The van der Waals surface area contributed by atoms with Gasteiger partial charge in [0.1, 0.15) is 12.4 Å². The molecule has 166 valence electrons. The van der Waals surface area contributed by atoms with Gasteiger partial charge in [-0.1, -0.05) is 30.3 Å². The van der Waals surface area contributed by atoms with Crippen LogP contribution in [0.2, 0.25) is 0 Å². The van der Waals surface area contributed by atoms with Crippen LogP contribution in [0, 0.1) is 0 Å². The molecule has 2 unspecified atom stereocenters. The molecule has 0 radical (unpaired) electrons.